The summed E-state index contributed by atoms with van der Waals surface area (Å²) in [6.45, 7) is -4.33. The average molecular weight is 1310 g/mol. The predicted molar refractivity (Wildman–Crippen MR) is 276 cm³/mol. The summed E-state index contributed by atoms with van der Waals surface area (Å²) < 4.78 is 116. The van der Waals surface area contributed by atoms with Gasteiger partial charge in [0.05, 0.1) is 45.4 Å². The van der Waals surface area contributed by atoms with E-state index in [4.69, 9.17) is 63.3 Å². The Hall–Kier alpha value is -6.19. The quantitative estimate of drug-likeness (QED) is 0.0282. The van der Waals surface area contributed by atoms with Crippen LogP contribution in [0.5, 0.6) is 0 Å². The van der Waals surface area contributed by atoms with Gasteiger partial charge in [0.2, 0.25) is 0 Å². The molecule has 87 heavy (non-hydrogen) atoms. The van der Waals surface area contributed by atoms with Crippen molar-refractivity contribution in [1.82, 2.24) is 68.1 Å². The molecule has 0 saturated carbocycles. The lowest BCUT2D eigenvalue weighted by Gasteiger charge is -2.25. The number of aliphatic hydroxyl groups excluding tert-OH is 5. The van der Waals surface area contributed by atoms with E-state index in [1.54, 1.807) is 0 Å². The zero-order valence-electron chi connectivity index (χ0n) is 43.4. The molecule has 0 spiro atoms. The van der Waals surface area contributed by atoms with Crippen LogP contribution in [0.1, 0.15) is 24.9 Å². The largest absolute Gasteiger partial charge is 0.472 e. The molecule has 0 aliphatic carbocycles. The van der Waals surface area contributed by atoms with E-state index in [2.05, 4.69) is 49.4 Å². The van der Waals surface area contributed by atoms with E-state index < -0.39 is 167 Å². The molecule has 44 nitrogen and oxygen atoms in total. The molecule has 4 saturated heterocycles. The molecule has 17 N–H and O–H groups in total. The van der Waals surface area contributed by atoms with Gasteiger partial charge in [-0.25, -0.2) is 67.9 Å². The van der Waals surface area contributed by atoms with Crippen molar-refractivity contribution in [3.8, 4) is 0 Å². The second kappa shape index (κ2) is 24.0. The zero-order chi connectivity index (χ0) is 62.2. The average Bonchev–Trinajstić information content (AvgIpc) is 1.79. The molecule has 0 bridgehead atoms. The first-order valence-electron chi connectivity index (χ1n) is 24.9. The van der Waals surface area contributed by atoms with Gasteiger partial charge in [0.15, 0.2) is 59.3 Å². The van der Waals surface area contributed by atoms with Gasteiger partial charge in [0, 0.05) is 12.3 Å². The van der Waals surface area contributed by atoms with E-state index in [9.17, 15) is 77.8 Å². The fourth-order valence-corrected chi connectivity index (χ4v) is 12.8. The molecular formula is C39H49N17O27P4. The lowest BCUT2D eigenvalue weighted by Crippen LogP contribution is -2.39. The van der Waals surface area contributed by atoms with Gasteiger partial charge in [0.1, 0.15) is 109 Å². The van der Waals surface area contributed by atoms with Crippen LogP contribution in [-0.2, 0) is 68.9 Å². The highest BCUT2D eigenvalue weighted by atomic mass is 31.2. The lowest BCUT2D eigenvalue weighted by atomic mass is 10.1. The summed E-state index contributed by atoms with van der Waals surface area (Å²) in [5.41, 5.74) is 15.7. The monoisotopic (exact) mass is 1310 g/mol. The zero-order valence-corrected chi connectivity index (χ0v) is 47.0. The van der Waals surface area contributed by atoms with E-state index in [1.165, 1.54) is 10.9 Å². The van der Waals surface area contributed by atoms with Crippen LogP contribution in [0.3, 0.4) is 0 Å². The van der Waals surface area contributed by atoms with Crippen LogP contribution in [0.2, 0.25) is 0 Å². The summed E-state index contributed by atoms with van der Waals surface area (Å²) in [5, 5.41) is 56.5. The highest BCUT2D eigenvalue weighted by molar-refractivity contribution is 7.48. The first-order chi connectivity index (χ1) is 41.1. The molecule has 4 aliphatic rings. The highest BCUT2D eigenvalue weighted by Gasteiger charge is 2.55. The van der Waals surface area contributed by atoms with E-state index in [0.717, 1.165) is 53.0 Å². The fraction of sp³-hybridized carbons (Fsp3) is 0.513. The Bertz CT molecular complexity index is 4020. The van der Waals surface area contributed by atoms with Crippen molar-refractivity contribution in [1.29, 1.82) is 0 Å². The Labute approximate surface area is 481 Å². The number of aromatic amines is 1. The molecule has 0 amide bonds. The van der Waals surface area contributed by atoms with Gasteiger partial charge in [0.25, 0.3) is 5.56 Å². The Kier molecular flexibility index (Phi) is 17.2. The topological polar surface area (TPSA) is 636 Å². The molecule has 4 fully saturated rings. The number of aromatic nitrogens is 14. The highest BCUT2D eigenvalue weighted by Crippen LogP contribution is 2.55. The molecule has 11 heterocycles. The van der Waals surface area contributed by atoms with Crippen LogP contribution in [0.15, 0.2) is 59.8 Å². The minimum atomic E-state index is -5.64. The molecule has 0 aromatic carbocycles. The molecule has 472 valence electrons. The van der Waals surface area contributed by atoms with Crippen molar-refractivity contribution in [3.05, 3.63) is 71.1 Å². The third kappa shape index (κ3) is 12.7. The van der Waals surface area contributed by atoms with Crippen molar-refractivity contribution in [3.63, 3.8) is 0 Å². The minimum Gasteiger partial charge on any atom is -0.387 e. The molecule has 0 radical (unpaired) electrons. The van der Waals surface area contributed by atoms with Crippen molar-refractivity contribution in [2.45, 2.75) is 98.2 Å². The van der Waals surface area contributed by atoms with E-state index >= 15 is 0 Å². The predicted octanol–water partition coefficient (Wildman–Crippen LogP) is -5.19. The number of rotatable bonds is 22. The number of imidazole rings is 3. The summed E-state index contributed by atoms with van der Waals surface area (Å²) in [6.07, 6.45) is -22.6. The number of nitrogens with one attached hydrogen (secondary N) is 1. The molecular weight excluding hydrogens is 1260 g/mol. The number of nitrogens with zero attached hydrogens (tertiary/aromatic N) is 13. The smallest absolute Gasteiger partial charge is 0.387 e. The number of ether oxygens (including phenoxy) is 4. The maximum atomic E-state index is 14.1. The van der Waals surface area contributed by atoms with E-state index in [1.807, 2.05) is 4.98 Å². The van der Waals surface area contributed by atoms with Gasteiger partial charge in [-0.05, 0) is 0 Å². The molecule has 7 aromatic heterocycles. The maximum Gasteiger partial charge on any atom is 0.472 e. The van der Waals surface area contributed by atoms with Crippen LogP contribution in [-0.4, -0.2) is 218 Å². The maximum absolute atomic E-state index is 14.1. The van der Waals surface area contributed by atoms with Gasteiger partial charge in [-0.3, -0.25) is 59.7 Å². The van der Waals surface area contributed by atoms with Crippen LogP contribution in [0, 0.1) is 0 Å². The van der Waals surface area contributed by atoms with Gasteiger partial charge < -0.3 is 86.1 Å². The number of H-pyrrole nitrogens is 1. The number of hydrogen-bond acceptors (Lipinski definition) is 34. The molecule has 3 unspecified atom stereocenters. The second-order valence-corrected chi connectivity index (χ2v) is 24.7. The Balaban J connectivity index is 0.795. The third-order valence-corrected chi connectivity index (χ3v) is 17.2. The number of nitrogen functional groups attached to an aromatic ring is 3. The number of aliphatic hydroxyl groups is 5. The number of nitrogens with two attached hydrogens (primary N) is 3. The molecule has 11 rings (SSSR count). The first kappa shape index (κ1) is 62.4. The van der Waals surface area contributed by atoms with Crippen molar-refractivity contribution >= 4 is 82.2 Å². The third-order valence-electron chi connectivity index (χ3n) is 13.8. The number of phosphoric acid groups is 4. The Morgan fingerprint density at radius 2 is 0.793 bits per heavy atom. The van der Waals surface area contributed by atoms with Crippen LogP contribution in [0.4, 0.5) is 17.5 Å². The minimum absolute atomic E-state index is 0.00352. The van der Waals surface area contributed by atoms with Crippen LogP contribution >= 0.6 is 31.3 Å². The van der Waals surface area contributed by atoms with Crippen molar-refractivity contribution in [2.75, 3.05) is 43.6 Å². The van der Waals surface area contributed by atoms with Crippen molar-refractivity contribution in [2.24, 2.45) is 0 Å². The van der Waals surface area contributed by atoms with Gasteiger partial charge >= 0.3 is 37.0 Å². The van der Waals surface area contributed by atoms with Crippen LogP contribution < -0.4 is 28.5 Å². The summed E-state index contributed by atoms with van der Waals surface area (Å²) in [4.78, 5) is 115. The Morgan fingerprint density at radius 3 is 1.16 bits per heavy atom. The van der Waals surface area contributed by atoms with Gasteiger partial charge in [-0.2, -0.15) is 0 Å². The summed E-state index contributed by atoms with van der Waals surface area (Å²) >= 11 is 0. The molecule has 4 aliphatic heterocycles. The fourth-order valence-electron chi connectivity index (χ4n) is 9.70. The number of phosphoric ester groups is 4. The lowest BCUT2D eigenvalue weighted by molar-refractivity contribution is -0.0661. The number of fused-ring (bicyclic) bond motifs is 3. The van der Waals surface area contributed by atoms with E-state index in [0.29, 0.717) is 4.57 Å². The van der Waals surface area contributed by atoms with Gasteiger partial charge in [-0.15, -0.1) is 0 Å². The summed E-state index contributed by atoms with van der Waals surface area (Å²) in [7, 11) is -21.9. The normalized spacial score (nSPS) is 31.7. The molecule has 7 aromatic rings. The molecule has 19 atom stereocenters. The SMILES string of the molecule is Nc1ncnc2c1ncn2[C@@H]1O[C@H](COP(=O)(O)O[C@@H]2[C@H](O)[C@@H](COP(=O)(O)O[C@@H]3[C@H](O)[C@@H](COP(=O)(O)O[C@@H]4[C@H](O)[C@@H](COP(=O)(O)O)O[C@H]4n4ccc(=O)[nH]c4=O)O[C@H]3n3cnc4c(N)ncnc43)O[C@H]2n2cnc3c(N)ncnc32)[C@@H](O)[C@H]1O. The van der Waals surface area contributed by atoms with Crippen LogP contribution in [0.25, 0.3) is 33.5 Å². The second-order valence-electron chi connectivity index (χ2n) is 19.3. The summed E-state index contributed by atoms with van der Waals surface area (Å²) in [5.74, 6) is -0.309. The number of anilines is 3. The van der Waals surface area contributed by atoms with Gasteiger partial charge in [-0.1, -0.05) is 0 Å². The molecule has 48 heteroatoms. The first-order valence-corrected chi connectivity index (χ1v) is 30.9. The standard InChI is InChI=1S/C39H49N17O27P4/c40-29-18-32(46-7-43-29)54(10-49-18)35-25(62)21(58)13(77-35)4-74-85(67,68)82-27-23(60)16(80-37(27)55-11-50-19-30(41)44-8-47-33(19)55)6-76-87(71,72)83-28-24(61)15(79-38(28)56-12-51-20-31(42)45-9-48-34(20)56)5-75-86(69,70)81-26-22(59)14(3-73-84(64,65)66)78-36(26)53-2-1-17(57)52-39(53)63/h1-2,7-16,21-28,35-38,58-62H,3-6H2,(H,67,68)(H,69,70)(H,71,72)(H2,40,43,46)(H2,41,44,47)(H2,42,45,48)(H,52,57,63)(H2,64,65,66)/t13-,14-,15-,16-,21-,22-,23-,24-,25-,26-,27-,28-,35-,36-,37-,38-/m1/s1. The van der Waals surface area contributed by atoms with Crippen molar-refractivity contribution < 1.29 is 119 Å². The Morgan fingerprint density at radius 1 is 0.460 bits per heavy atom. The summed E-state index contributed by atoms with van der Waals surface area (Å²) in [6, 6.07) is 0.821. The van der Waals surface area contributed by atoms with E-state index in [-0.39, 0.29) is 50.9 Å². The number of hydrogen-bond donors (Lipinski definition) is 14.